The highest BCUT2D eigenvalue weighted by molar-refractivity contribution is 6.42. The molecule has 1 aromatic carbocycles. The average molecular weight is 436 g/mol. The molecule has 4 N–H and O–H groups in total. The second kappa shape index (κ2) is 8.66. The molecule has 0 aliphatic carbocycles. The number of ether oxygens (including phenoxy) is 1. The topological polar surface area (TPSA) is 150 Å². The molecule has 0 saturated heterocycles. The summed E-state index contributed by atoms with van der Waals surface area (Å²) in [7, 11) is 0. The third-order valence-corrected chi connectivity index (χ3v) is 4.79. The summed E-state index contributed by atoms with van der Waals surface area (Å²) in [6.45, 7) is 0.569. The smallest absolute Gasteiger partial charge is 0.279 e. The number of nitrogens with zero attached hydrogens (tertiary/aromatic N) is 5. The van der Waals surface area contributed by atoms with E-state index in [0.29, 0.717) is 33.8 Å². The van der Waals surface area contributed by atoms with Gasteiger partial charge in [0.1, 0.15) is 24.2 Å². The fraction of sp³-hybridized carbons (Fsp3) is 0.250. The van der Waals surface area contributed by atoms with Gasteiger partial charge in [0.25, 0.3) is 5.56 Å². The Labute approximate surface area is 173 Å². The maximum Gasteiger partial charge on any atom is 0.279 e. The molecule has 3 aromatic heterocycles. The lowest BCUT2D eigenvalue weighted by Crippen LogP contribution is -2.34. The van der Waals surface area contributed by atoms with Crippen LogP contribution in [0.4, 0.5) is 0 Å². The first-order valence-corrected chi connectivity index (χ1v) is 9.28. The number of tetrazole rings is 1. The molecule has 0 amide bonds. The Morgan fingerprint density at radius 1 is 1.21 bits per heavy atom. The molecule has 13 heteroatoms. The average Bonchev–Trinajstić information content (AvgIpc) is 3.38. The zero-order valence-corrected chi connectivity index (χ0v) is 16.3. The van der Waals surface area contributed by atoms with Crippen LogP contribution < -0.4 is 10.9 Å². The van der Waals surface area contributed by atoms with Crippen molar-refractivity contribution >= 4 is 34.2 Å². The second-order valence-corrected chi connectivity index (χ2v) is 6.91. The van der Waals surface area contributed by atoms with Crippen molar-refractivity contribution in [3.63, 3.8) is 0 Å². The molecule has 0 bridgehead atoms. The SMILES string of the molecule is O=c1[nH]c(C[C@@H](NCc2ccc(Cl)c(Cl)c2)OCc2nn[nH]n2)nc2c[nH]nc12. The third kappa shape index (κ3) is 4.77. The number of fused-ring (bicyclic) bond motifs is 1. The van der Waals surface area contributed by atoms with Crippen molar-refractivity contribution in [3.8, 4) is 0 Å². The van der Waals surface area contributed by atoms with E-state index in [4.69, 9.17) is 27.9 Å². The molecule has 0 spiro atoms. The molecule has 0 radical (unpaired) electrons. The first-order chi connectivity index (χ1) is 14.1. The molecule has 0 unspecified atom stereocenters. The van der Waals surface area contributed by atoms with E-state index in [0.717, 1.165) is 5.56 Å². The van der Waals surface area contributed by atoms with Crippen LogP contribution in [-0.4, -0.2) is 47.0 Å². The summed E-state index contributed by atoms with van der Waals surface area (Å²) < 4.78 is 5.86. The quantitative estimate of drug-likeness (QED) is 0.302. The van der Waals surface area contributed by atoms with E-state index >= 15 is 0 Å². The minimum absolute atomic E-state index is 0.119. The Balaban J connectivity index is 1.49. The Kier molecular flexibility index (Phi) is 5.81. The van der Waals surface area contributed by atoms with Gasteiger partial charge in [-0.3, -0.25) is 15.2 Å². The minimum atomic E-state index is -0.504. The van der Waals surface area contributed by atoms with Crippen molar-refractivity contribution in [2.24, 2.45) is 0 Å². The van der Waals surface area contributed by atoms with Gasteiger partial charge in [-0.2, -0.15) is 10.3 Å². The van der Waals surface area contributed by atoms with Crippen LogP contribution in [0, 0.1) is 0 Å². The highest BCUT2D eigenvalue weighted by Gasteiger charge is 2.15. The van der Waals surface area contributed by atoms with Crippen LogP contribution in [-0.2, 0) is 24.3 Å². The zero-order chi connectivity index (χ0) is 20.2. The monoisotopic (exact) mass is 435 g/mol. The van der Waals surface area contributed by atoms with Crippen molar-refractivity contribution < 1.29 is 4.74 Å². The summed E-state index contributed by atoms with van der Waals surface area (Å²) in [5.41, 5.74) is 1.32. The molecule has 0 aliphatic rings. The van der Waals surface area contributed by atoms with Gasteiger partial charge in [-0.1, -0.05) is 34.5 Å². The Hall–Kier alpha value is -2.86. The molecule has 29 heavy (non-hydrogen) atoms. The van der Waals surface area contributed by atoms with Gasteiger partial charge in [0.2, 0.25) is 0 Å². The number of aromatic nitrogens is 8. The number of benzene rings is 1. The van der Waals surface area contributed by atoms with Crippen molar-refractivity contribution in [3.05, 3.63) is 62.0 Å². The Morgan fingerprint density at radius 3 is 2.90 bits per heavy atom. The molecule has 0 fully saturated rings. The number of hydrogen-bond acceptors (Lipinski definition) is 8. The maximum absolute atomic E-state index is 12.1. The normalized spacial score (nSPS) is 12.5. The van der Waals surface area contributed by atoms with Crippen molar-refractivity contribution in [1.82, 2.24) is 46.1 Å². The van der Waals surface area contributed by atoms with E-state index < -0.39 is 6.23 Å². The van der Waals surface area contributed by atoms with Crippen LogP contribution in [0.5, 0.6) is 0 Å². The largest absolute Gasteiger partial charge is 0.355 e. The van der Waals surface area contributed by atoms with Gasteiger partial charge >= 0.3 is 0 Å². The molecule has 150 valence electrons. The summed E-state index contributed by atoms with van der Waals surface area (Å²) in [5.74, 6) is 0.849. The van der Waals surface area contributed by atoms with Crippen LogP contribution in [0.25, 0.3) is 11.0 Å². The molecule has 0 saturated carbocycles. The minimum Gasteiger partial charge on any atom is -0.355 e. The number of halogens is 2. The molecular weight excluding hydrogens is 421 g/mol. The van der Waals surface area contributed by atoms with Crippen LogP contribution in [0.1, 0.15) is 17.2 Å². The van der Waals surface area contributed by atoms with Crippen LogP contribution in [0.15, 0.2) is 29.2 Å². The first-order valence-electron chi connectivity index (χ1n) is 8.52. The van der Waals surface area contributed by atoms with E-state index in [-0.39, 0.29) is 24.1 Å². The number of H-pyrrole nitrogens is 3. The maximum atomic E-state index is 12.1. The summed E-state index contributed by atoms with van der Waals surface area (Å²) in [4.78, 5) is 19.3. The number of hydrogen-bond donors (Lipinski definition) is 4. The number of aromatic amines is 3. The van der Waals surface area contributed by atoms with Gasteiger partial charge in [-0.05, 0) is 17.7 Å². The highest BCUT2D eigenvalue weighted by atomic mass is 35.5. The summed E-state index contributed by atoms with van der Waals surface area (Å²) in [6.07, 6.45) is 1.34. The molecule has 0 aliphatic heterocycles. The molecule has 4 aromatic rings. The third-order valence-electron chi connectivity index (χ3n) is 4.05. The van der Waals surface area contributed by atoms with E-state index in [1.165, 1.54) is 0 Å². The van der Waals surface area contributed by atoms with Crippen LogP contribution in [0.3, 0.4) is 0 Å². The van der Waals surface area contributed by atoms with E-state index in [9.17, 15) is 4.79 Å². The summed E-state index contributed by atoms with van der Waals surface area (Å²) in [6, 6.07) is 5.35. The predicted molar refractivity (Wildman–Crippen MR) is 104 cm³/mol. The van der Waals surface area contributed by atoms with Gasteiger partial charge < -0.3 is 9.72 Å². The van der Waals surface area contributed by atoms with Crippen molar-refractivity contribution in [1.29, 1.82) is 0 Å². The number of rotatable bonds is 8. The van der Waals surface area contributed by atoms with E-state index in [2.05, 4.69) is 46.1 Å². The summed E-state index contributed by atoms with van der Waals surface area (Å²) >= 11 is 12.0. The van der Waals surface area contributed by atoms with Gasteiger partial charge in [-0.25, -0.2) is 4.98 Å². The Morgan fingerprint density at radius 2 is 2.10 bits per heavy atom. The van der Waals surface area contributed by atoms with Crippen molar-refractivity contribution in [2.45, 2.75) is 25.8 Å². The fourth-order valence-corrected chi connectivity index (χ4v) is 2.98. The lowest BCUT2D eigenvalue weighted by molar-refractivity contribution is 0.0121. The molecule has 1 atom stereocenters. The zero-order valence-electron chi connectivity index (χ0n) is 14.8. The standard InChI is InChI=1S/C16H15Cl2N9O2/c17-9-2-1-8(3-10(9)18)5-19-14(29-7-13-23-26-27-24-13)4-12-21-11-6-20-25-15(11)16(28)22-12/h1-3,6,14,19H,4-5,7H2,(H,20,25)(H,21,22,28)(H,23,24,26,27)/t14-/m0/s1. The van der Waals surface area contributed by atoms with Gasteiger partial charge in [0.05, 0.1) is 10.0 Å². The first kappa shape index (κ1) is 19.5. The fourth-order valence-electron chi connectivity index (χ4n) is 2.66. The van der Waals surface area contributed by atoms with Gasteiger partial charge in [0, 0.05) is 19.2 Å². The predicted octanol–water partition coefficient (Wildman–Crippen LogP) is 1.34. The summed E-state index contributed by atoms with van der Waals surface area (Å²) in [5, 5.41) is 24.3. The van der Waals surface area contributed by atoms with Gasteiger partial charge in [0.15, 0.2) is 11.3 Å². The highest BCUT2D eigenvalue weighted by Crippen LogP contribution is 2.22. The molecule has 11 nitrogen and oxygen atoms in total. The van der Waals surface area contributed by atoms with E-state index in [1.807, 2.05) is 6.07 Å². The molecular formula is C16H15Cl2N9O2. The van der Waals surface area contributed by atoms with Gasteiger partial charge in [-0.15, -0.1) is 10.2 Å². The van der Waals surface area contributed by atoms with E-state index in [1.54, 1.807) is 18.3 Å². The Bertz CT molecular complexity index is 1160. The molecule has 4 rings (SSSR count). The number of nitrogens with one attached hydrogen (secondary N) is 4. The second-order valence-electron chi connectivity index (χ2n) is 6.09. The lowest BCUT2D eigenvalue weighted by Gasteiger charge is -2.18. The lowest BCUT2D eigenvalue weighted by atomic mass is 10.2. The van der Waals surface area contributed by atoms with Crippen LogP contribution >= 0.6 is 23.2 Å². The van der Waals surface area contributed by atoms with Crippen molar-refractivity contribution in [2.75, 3.05) is 0 Å². The van der Waals surface area contributed by atoms with Crippen LogP contribution in [0.2, 0.25) is 10.0 Å². The molecule has 3 heterocycles.